The molecule has 252 valence electrons. The highest BCUT2D eigenvalue weighted by atomic mass is 35.5. The van der Waals surface area contributed by atoms with Crippen molar-refractivity contribution in [3.8, 4) is 0 Å². The van der Waals surface area contributed by atoms with Crippen molar-refractivity contribution >= 4 is 35.1 Å². The lowest BCUT2D eigenvalue weighted by Gasteiger charge is -2.29. The van der Waals surface area contributed by atoms with Crippen molar-refractivity contribution in [1.82, 2.24) is 0 Å². The lowest BCUT2D eigenvalue weighted by atomic mass is 9.98. The molecule has 4 atom stereocenters. The van der Waals surface area contributed by atoms with Crippen LogP contribution in [0.3, 0.4) is 0 Å². The number of alkyl halides is 2. The molecule has 7 nitrogen and oxygen atoms in total. The molecule has 0 saturated carbocycles. The number of unbranched alkanes of at least 4 members (excludes halogenated alkanes) is 2. The van der Waals surface area contributed by atoms with Gasteiger partial charge in [-0.3, -0.25) is 9.59 Å². The average Bonchev–Trinajstić information content (AvgIpc) is 3.01. The van der Waals surface area contributed by atoms with Crippen LogP contribution in [0.2, 0.25) is 0 Å². The Bertz CT molecular complexity index is 710. The van der Waals surface area contributed by atoms with E-state index in [1.54, 1.807) is 0 Å². The maximum atomic E-state index is 11.4. The van der Waals surface area contributed by atoms with Gasteiger partial charge in [0.2, 0.25) is 0 Å². The molecule has 0 aliphatic carbocycles. The van der Waals surface area contributed by atoms with E-state index in [2.05, 4.69) is 26.0 Å². The maximum Gasteiger partial charge on any atom is 0.305 e. The second-order valence-electron chi connectivity index (χ2n) is 11.4. The molecule has 0 aromatic rings. The quantitative estimate of drug-likeness (QED) is 0.0274. The number of ether oxygens (including phenoxy) is 5. The van der Waals surface area contributed by atoms with E-state index in [9.17, 15) is 9.59 Å². The molecule has 0 aliphatic rings. The first-order chi connectivity index (χ1) is 20.7. The van der Waals surface area contributed by atoms with Crippen molar-refractivity contribution in [3.05, 3.63) is 23.3 Å². The Hall–Kier alpha value is -1.12. The van der Waals surface area contributed by atoms with E-state index in [4.69, 9.17) is 46.9 Å². The van der Waals surface area contributed by atoms with Crippen LogP contribution in [-0.2, 0) is 33.3 Å². The third-order valence-corrected chi connectivity index (χ3v) is 8.31. The van der Waals surface area contributed by atoms with E-state index in [0.29, 0.717) is 63.5 Å². The van der Waals surface area contributed by atoms with Crippen molar-refractivity contribution in [2.75, 3.05) is 39.2 Å². The normalized spacial score (nSPS) is 15.2. The van der Waals surface area contributed by atoms with Crippen molar-refractivity contribution in [1.29, 1.82) is 0 Å². The molecule has 43 heavy (non-hydrogen) atoms. The van der Waals surface area contributed by atoms with E-state index in [1.807, 2.05) is 13.8 Å². The predicted molar refractivity (Wildman–Crippen MR) is 177 cm³/mol. The Morgan fingerprint density at radius 2 is 1.07 bits per heavy atom. The van der Waals surface area contributed by atoms with Gasteiger partial charge in [-0.05, 0) is 77.0 Å². The van der Waals surface area contributed by atoms with Gasteiger partial charge in [0.1, 0.15) is 0 Å². The van der Waals surface area contributed by atoms with Crippen LogP contribution in [0.1, 0.15) is 118 Å². The number of carbonyl (C=O) groups is 2. The van der Waals surface area contributed by atoms with Gasteiger partial charge in [0.15, 0.2) is 12.6 Å². The maximum absolute atomic E-state index is 11.4. The first-order valence-electron chi connectivity index (χ1n) is 16.2. The van der Waals surface area contributed by atoms with Crippen molar-refractivity contribution in [2.24, 2.45) is 11.8 Å². The molecule has 0 aromatic heterocycles. The molecule has 0 aromatic carbocycles. The standard InChI is InChI=1S/C34H60Cl2O7/c1-7-9-21-41-33(23-29(25-35)15-11-13-27(3)17-19-31(37)39-5)43-34(42-22-10-8-2)24-30(26-36)16-12-14-28(4)18-20-32(38)40-6/h13-14,29-30,33-34H,7-12,15-26H2,1-6H3. The van der Waals surface area contributed by atoms with E-state index in [1.165, 1.54) is 25.4 Å². The molecular formula is C34H60Cl2O7. The highest BCUT2D eigenvalue weighted by Crippen LogP contribution is 2.25. The molecule has 0 N–H and O–H groups in total. The number of hydrogen-bond donors (Lipinski definition) is 0. The van der Waals surface area contributed by atoms with Crippen molar-refractivity contribution in [3.63, 3.8) is 0 Å². The first-order valence-corrected chi connectivity index (χ1v) is 17.2. The van der Waals surface area contributed by atoms with Gasteiger partial charge in [-0.2, -0.15) is 0 Å². The van der Waals surface area contributed by atoms with Gasteiger partial charge in [0.05, 0.1) is 14.2 Å². The third kappa shape index (κ3) is 23.9. The Morgan fingerprint density at radius 1 is 0.674 bits per heavy atom. The summed E-state index contributed by atoms with van der Waals surface area (Å²) in [6.45, 7) is 9.62. The minimum Gasteiger partial charge on any atom is -0.469 e. The number of methoxy groups -OCH3 is 2. The Kier molecular flexibility index (Phi) is 27.6. The Labute approximate surface area is 272 Å². The van der Waals surface area contributed by atoms with Gasteiger partial charge < -0.3 is 23.7 Å². The molecule has 0 rings (SSSR count). The summed E-state index contributed by atoms with van der Waals surface area (Å²) in [6, 6.07) is 0. The summed E-state index contributed by atoms with van der Waals surface area (Å²) < 4.78 is 28.5. The zero-order valence-electron chi connectivity index (χ0n) is 27.8. The van der Waals surface area contributed by atoms with E-state index in [-0.39, 0.29) is 23.8 Å². The molecule has 0 bridgehead atoms. The van der Waals surface area contributed by atoms with Crippen LogP contribution in [0.5, 0.6) is 0 Å². The summed E-state index contributed by atoms with van der Waals surface area (Å²) >= 11 is 12.8. The fourth-order valence-corrected chi connectivity index (χ4v) is 4.97. The van der Waals surface area contributed by atoms with Gasteiger partial charge in [-0.15, -0.1) is 23.2 Å². The molecule has 0 radical (unpaired) electrons. The van der Waals surface area contributed by atoms with Gasteiger partial charge in [0.25, 0.3) is 0 Å². The highest BCUT2D eigenvalue weighted by molar-refractivity contribution is 6.18. The number of rotatable bonds is 28. The molecule has 4 unspecified atom stereocenters. The average molecular weight is 652 g/mol. The van der Waals surface area contributed by atoms with Crippen LogP contribution in [-0.4, -0.2) is 63.7 Å². The van der Waals surface area contributed by atoms with E-state index < -0.39 is 12.6 Å². The smallest absolute Gasteiger partial charge is 0.305 e. The van der Waals surface area contributed by atoms with Crippen LogP contribution < -0.4 is 0 Å². The fraction of sp³-hybridized carbons (Fsp3) is 0.824. The highest BCUT2D eigenvalue weighted by Gasteiger charge is 2.24. The van der Waals surface area contributed by atoms with Gasteiger partial charge >= 0.3 is 11.9 Å². The topological polar surface area (TPSA) is 80.3 Å². The van der Waals surface area contributed by atoms with Crippen LogP contribution in [0.25, 0.3) is 0 Å². The third-order valence-electron chi connectivity index (χ3n) is 7.43. The van der Waals surface area contributed by atoms with Crippen LogP contribution >= 0.6 is 23.2 Å². The summed E-state index contributed by atoms with van der Waals surface area (Å²) in [5.41, 5.74) is 2.35. The monoisotopic (exact) mass is 650 g/mol. The van der Waals surface area contributed by atoms with Crippen LogP contribution in [0.15, 0.2) is 23.3 Å². The molecule has 0 spiro atoms. The molecule has 9 heteroatoms. The number of halogens is 2. The summed E-state index contributed by atoms with van der Waals surface area (Å²) in [4.78, 5) is 22.9. The van der Waals surface area contributed by atoms with E-state index in [0.717, 1.165) is 51.4 Å². The lowest BCUT2D eigenvalue weighted by molar-refractivity contribution is -0.255. The molecule has 0 fully saturated rings. The number of allylic oxidation sites excluding steroid dienone is 4. The fourth-order valence-electron chi connectivity index (χ4n) is 4.41. The molecule has 0 amide bonds. The predicted octanol–water partition coefficient (Wildman–Crippen LogP) is 9.14. The van der Waals surface area contributed by atoms with Gasteiger partial charge in [-0.25, -0.2) is 0 Å². The second-order valence-corrected chi connectivity index (χ2v) is 12.0. The van der Waals surface area contributed by atoms with Crippen molar-refractivity contribution in [2.45, 2.75) is 130 Å². The number of carbonyl (C=O) groups excluding carboxylic acids is 2. The molecular weight excluding hydrogens is 591 g/mol. The van der Waals surface area contributed by atoms with Crippen LogP contribution in [0, 0.1) is 11.8 Å². The zero-order valence-corrected chi connectivity index (χ0v) is 29.3. The summed E-state index contributed by atoms with van der Waals surface area (Å²) in [6.07, 6.45) is 14.7. The zero-order chi connectivity index (χ0) is 32.3. The van der Waals surface area contributed by atoms with Crippen LogP contribution in [0.4, 0.5) is 0 Å². The van der Waals surface area contributed by atoms with Gasteiger partial charge in [0, 0.05) is 50.7 Å². The minimum absolute atomic E-state index is 0.190. The SMILES string of the molecule is CCCCOC(CC(CCl)CCC=C(C)CCC(=O)OC)OC(CC(CCl)CCC=C(C)CCC(=O)OC)OCCCC. The first kappa shape index (κ1) is 41.9. The summed E-state index contributed by atoms with van der Waals surface area (Å²) in [5, 5.41) is 0. The van der Waals surface area contributed by atoms with Gasteiger partial charge in [-0.1, -0.05) is 50.0 Å². The van der Waals surface area contributed by atoms with Crippen molar-refractivity contribution < 1.29 is 33.3 Å². The largest absolute Gasteiger partial charge is 0.469 e. The summed E-state index contributed by atoms with van der Waals surface area (Å²) in [7, 11) is 2.83. The molecule has 0 heterocycles. The second kappa shape index (κ2) is 28.4. The lowest BCUT2D eigenvalue weighted by Crippen LogP contribution is -2.31. The Morgan fingerprint density at radius 3 is 1.40 bits per heavy atom. The van der Waals surface area contributed by atoms with E-state index >= 15 is 0 Å². The molecule has 0 aliphatic heterocycles. The molecule has 0 saturated heterocycles. The number of esters is 2. The number of hydrogen-bond acceptors (Lipinski definition) is 7. The minimum atomic E-state index is -0.414. The summed E-state index contributed by atoms with van der Waals surface area (Å²) in [5.74, 6) is 1.08. The Balaban J connectivity index is 5.29.